The molecule has 0 aliphatic carbocycles. The number of unbranched alkanes of at least 4 members (excludes halogenated alkanes) is 1. The maximum atomic E-state index is 5.45. The highest BCUT2D eigenvalue weighted by Crippen LogP contribution is 2.20. The van der Waals surface area contributed by atoms with Crippen LogP contribution in [0.4, 0.5) is 0 Å². The highest BCUT2D eigenvalue weighted by molar-refractivity contribution is 5.79. The molecule has 1 aromatic heterocycles. The summed E-state index contributed by atoms with van der Waals surface area (Å²) in [6.45, 7) is 8.74. The van der Waals surface area contributed by atoms with Crippen LogP contribution in [-0.2, 0) is 0 Å². The van der Waals surface area contributed by atoms with E-state index in [-0.39, 0.29) is 6.04 Å². The topological polar surface area (TPSA) is 88.5 Å². The molecule has 0 radical (unpaired) electrons. The second kappa shape index (κ2) is 7.00. The minimum atomic E-state index is 0.0488. The highest BCUT2D eigenvalue weighted by atomic mass is 16.5. The number of rotatable bonds is 5. The lowest BCUT2D eigenvalue weighted by atomic mass is 10.1. The van der Waals surface area contributed by atoms with E-state index in [0.717, 1.165) is 36.4 Å². The maximum Gasteiger partial charge on any atom is 0.206 e. The average molecular weight is 253 g/mol. The summed E-state index contributed by atoms with van der Waals surface area (Å²) < 4.78 is 5.15. The molecule has 1 aromatic rings. The molecule has 0 aliphatic rings. The first-order valence-electron chi connectivity index (χ1n) is 6.30. The first-order chi connectivity index (χ1) is 8.60. The summed E-state index contributed by atoms with van der Waals surface area (Å²) >= 11 is 0. The summed E-state index contributed by atoms with van der Waals surface area (Å²) in [5, 5.41) is 7.16. The molecule has 0 bridgehead atoms. The van der Waals surface area contributed by atoms with Gasteiger partial charge in [0.2, 0.25) is 5.96 Å². The molecule has 1 atom stereocenters. The minimum absolute atomic E-state index is 0.0488. The smallest absolute Gasteiger partial charge is 0.206 e. The third-order valence-corrected chi connectivity index (χ3v) is 2.79. The van der Waals surface area contributed by atoms with Crippen LogP contribution in [0.15, 0.2) is 9.52 Å². The zero-order valence-corrected chi connectivity index (χ0v) is 11.6. The van der Waals surface area contributed by atoms with Gasteiger partial charge in [0, 0.05) is 12.1 Å². The van der Waals surface area contributed by atoms with Gasteiger partial charge >= 0.3 is 0 Å². The van der Waals surface area contributed by atoms with Gasteiger partial charge in [-0.05, 0) is 27.2 Å². The van der Waals surface area contributed by atoms with E-state index in [0.29, 0.717) is 5.96 Å². The van der Waals surface area contributed by atoms with Crippen molar-refractivity contribution in [3.8, 4) is 0 Å². The summed E-state index contributed by atoms with van der Waals surface area (Å²) in [7, 11) is 0. The fraction of sp³-hybridized carbons (Fsp3) is 0.667. The normalized spacial score (nSPS) is 13.5. The Morgan fingerprint density at radius 1 is 1.50 bits per heavy atom. The fourth-order valence-electron chi connectivity index (χ4n) is 1.87. The van der Waals surface area contributed by atoms with Crippen molar-refractivity contribution in [3.63, 3.8) is 0 Å². The predicted octanol–water partition coefficient (Wildman–Crippen LogP) is 1.56. The second-order valence-electron chi connectivity index (χ2n) is 4.33. The molecular formula is C12H23N5O. The SMILES string of the molecule is CCCCN=C(NN)NC(C)c1c(C)noc1C. The van der Waals surface area contributed by atoms with Crippen molar-refractivity contribution in [1.82, 2.24) is 15.9 Å². The number of hydrogen-bond acceptors (Lipinski definition) is 4. The molecule has 18 heavy (non-hydrogen) atoms. The Morgan fingerprint density at radius 3 is 2.72 bits per heavy atom. The Bertz CT molecular complexity index is 380. The molecule has 1 heterocycles. The summed E-state index contributed by atoms with van der Waals surface area (Å²) in [5.41, 5.74) is 4.52. The largest absolute Gasteiger partial charge is 0.361 e. The molecule has 0 fully saturated rings. The van der Waals surface area contributed by atoms with E-state index in [1.807, 2.05) is 20.8 Å². The molecule has 1 unspecified atom stereocenters. The lowest BCUT2D eigenvalue weighted by Gasteiger charge is -2.16. The summed E-state index contributed by atoms with van der Waals surface area (Å²) in [6.07, 6.45) is 2.16. The lowest BCUT2D eigenvalue weighted by molar-refractivity contribution is 0.391. The van der Waals surface area contributed by atoms with Crippen LogP contribution < -0.4 is 16.6 Å². The molecule has 4 N–H and O–H groups in total. The average Bonchev–Trinajstić information content (AvgIpc) is 2.68. The number of nitrogens with two attached hydrogens (primary N) is 1. The van der Waals surface area contributed by atoms with Gasteiger partial charge in [-0.15, -0.1) is 0 Å². The van der Waals surface area contributed by atoms with Crippen molar-refractivity contribution in [2.45, 2.75) is 46.6 Å². The number of hydrazine groups is 1. The zero-order valence-electron chi connectivity index (χ0n) is 11.6. The molecule has 0 amide bonds. The first-order valence-corrected chi connectivity index (χ1v) is 6.30. The Hall–Kier alpha value is -1.56. The molecule has 6 nitrogen and oxygen atoms in total. The first kappa shape index (κ1) is 14.5. The Balaban J connectivity index is 2.67. The van der Waals surface area contributed by atoms with Gasteiger partial charge in [0.05, 0.1) is 11.7 Å². The van der Waals surface area contributed by atoms with Crippen molar-refractivity contribution < 1.29 is 4.52 Å². The van der Waals surface area contributed by atoms with Gasteiger partial charge in [0.15, 0.2) is 0 Å². The molecule has 1 rings (SSSR count). The number of guanidine groups is 1. The third kappa shape index (κ3) is 3.73. The predicted molar refractivity (Wildman–Crippen MR) is 72.1 cm³/mol. The van der Waals surface area contributed by atoms with Gasteiger partial charge < -0.3 is 9.84 Å². The molecular weight excluding hydrogens is 230 g/mol. The van der Waals surface area contributed by atoms with E-state index >= 15 is 0 Å². The van der Waals surface area contributed by atoms with Crippen molar-refractivity contribution in [1.29, 1.82) is 0 Å². The van der Waals surface area contributed by atoms with Crippen LogP contribution in [0.25, 0.3) is 0 Å². The van der Waals surface area contributed by atoms with Crippen LogP contribution in [-0.4, -0.2) is 17.7 Å². The van der Waals surface area contributed by atoms with Crippen LogP contribution in [0.3, 0.4) is 0 Å². The van der Waals surface area contributed by atoms with Gasteiger partial charge in [-0.1, -0.05) is 18.5 Å². The number of aryl methyl sites for hydroxylation is 2. The standard InChI is InChI=1S/C12H23N5O/c1-5-6-7-14-12(16-13)15-8(2)11-9(3)17-18-10(11)4/h8H,5-7,13H2,1-4H3,(H2,14,15,16). The molecule has 0 saturated carbocycles. The van der Waals surface area contributed by atoms with Gasteiger partial charge in [-0.3, -0.25) is 10.4 Å². The zero-order chi connectivity index (χ0) is 13.5. The van der Waals surface area contributed by atoms with Gasteiger partial charge in [0.25, 0.3) is 0 Å². The van der Waals surface area contributed by atoms with Crippen molar-refractivity contribution in [2.24, 2.45) is 10.8 Å². The van der Waals surface area contributed by atoms with Crippen molar-refractivity contribution >= 4 is 5.96 Å². The Kier molecular flexibility index (Phi) is 5.64. The monoisotopic (exact) mass is 253 g/mol. The lowest BCUT2D eigenvalue weighted by Crippen LogP contribution is -2.43. The molecule has 0 aromatic carbocycles. The van der Waals surface area contributed by atoms with Crippen LogP contribution in [0.5, 0.6) is 0 Å². The maximum absolute atomic E-state index is 5.45. The van der Waals surface area contributed by atoms with E-state index in [1.165, 1.54) is 0 Å². The molecule has 0 spiro atoms. The molecule has 102 valence electrons. The van der Waals surface area contributed by atoms with Gasteiger partial charge in [-0.2, -0.15) is 0 Å². The van der Waals surface area contributed by atoms with E-state index in [4.69, 9.17) is 10.4 Å². The molecule has 0 saturated heterocycles. The van der Waals surface area contributed by atoms with E-state index in [9.17, 15) is 0 Å². The number of hydrogen-bond donors (Lipinski definition) is 3. The molecule has 6 heteroatoms. The second-order valence-corrected chi connectivity index (χ2v) is 4.33. The van der Waals surface area contributed by atoms with E-state index in [1.54, 1.807) is 0 Å². The van der Waals surface area contributed by atoms with Crippen LogP contribution in [0.1, 0.15) is 49.7 Å². The van der Waals surface area contributed by atoms with Gasteiger partial charge in [-0.25, -0.2) is 5.84 Å². The summed E-state index contributed by atoms with van der Waals surface area (Å²) in [5.74, 6) is 6.86. The Labute approximate surface area is 108 Å². The van der Waals surface area contributed by atoms with E-state index < -0.39 is 0 Å². The Morgan fingerprint density at radius 2 is 2.22 bits per heavy atom. The summed E-state index contributed by atoms with van der Waals surface area (Å²) in [6, 6.07) is 0.0488. The third-order valence-electron chi connectivity index (χ3n) is 2.79. The summed E-state index contributed by atoms with van der Waals surface area (Å²) in [4.78, 5) is 4.36. The van der Waals surface area contributed by atoms with Crippen molar-refractivity contribution in [3.05, 3.63) is 17.0 Å². The quantitative estimate of drug-likeness (QED) is 0.244. The number of nitrogens with zero attached hydrogens (tertiary/aromatic N) is 2. The van der Waals surface area contributed by atoms with E-state index in [2.05, 4.69) is 27.8 Å². The van der Waals surface area contributed by atoms with Crippen LogP contribution in [0, 0.1) is 13.8 Å². The number of aliphatic imine (C=N–C) groups is 1. The van der Waals surface area contributed by atoms with Crippen molar-refractivity contribution in [2.75, 3.05) is 6.54 Å². The fourth-order valence-corrected chi connectivity index (χ4v) is 1.87. The van der Waals surface area contributed by atoms with Gasteiger partial charge in [0.1, 0.15) is 5.76 Å². The van der Waals surface area contributed by atoms with Crippen LogP contribution in [0.2, 0.25) is 0 Å². The highest BCUT2D eigenvalue weighted by Gasteiger charge is 2.17. The number of nitrogens with one attached hydrogen (secondary N) is 2. The number of aromatic nitrogens is 1. The minimum Gasteiger partial charge on any atom is -0.361 e. The van der Waals surface area contributed by atoms with Crippen LogP contribution >= 0.6 is 0 Å². The molecule has 0 aliphatic heterocycles.